The molecule has 396 valence electrons. The van der Waals surface area contributed by atoms with Crippen molar-refractivity contribution in [2.75, 3.05) is 109 Å². The van der Waals surface area contributed by atoms with Crippen LogP contribution in [0.25, 0.3) is 34.2 Å². The summed E-state index contributed by atoms with van der Waals surface area (Å²) in [6.07, 6.45) is 0. The molecule has 0 aliphatic carbocycles. The molecule has 12 rings (SSSR count). The van der Waals surface area contributed by atoms with Crippen molar-refractivity contribution in [2.45, 2.75) is 0 Å². The van der Waals surface area contributed by atoms with Crippen LogP contribution in [0.15, 0.2) is 182 Å². The molecule has 3 fully saturated rings. The number of amides is 6. The predicted octanol–water partition coefficient (Wildman–Crippen LogP) is 10.7. The molecular formula is C57H57N15O3S3. The summed E-state index contributed by atoms with van der Waals surface area (Å²) < 4.78 is 13.4. The molecule has 9 aromatic rings. The van der Waals surface area contributed by atoms with Crippen molar-refractivity contribution in [1.29, 1.82) is 0 Å². The first kappa shape index (κ1) is 52.6. The zero-order chi connectivity index (χ0) is 53.3. The number of carbonyl (C=O) groups excluding carboxylic acids is 3. The van der Waals surface area contributed by atoms with E-state index < -0.39 is 0 Å². The maximum atomic E-state index is 12.4. The minimum Gasteiger partial charge on any atom is -0.343 e. The van der Waals surface area contributed by atoms with E-state index in [1.54, 1.807) is 0 Å². The molecule has 0 spiro atoms. The van der Waals surface area contributed by atoms with Gasteiger partial charge < -0.3 is 45.3 Å². The fourth-order valence-corrected chi connectivity index (χ4v) is 10.8. The normalized spacial score (nSPS) is 14.3. The van der Waals surface area contributed by atoms with Crippen molar-refractivity contribution in [3.63, 3.8) is 0 Å². The van der Waals surface area contributed by atoms with Gasteiger partial charge in [-0.25, -0.2) is 14.4 Å². The maximum absolute atomic E-state index is 12.4. The molecule has 0 atom stereocenters. The van der Waals surface area contributed by atoms with Gasteiger partial charge in [0, 0.05) is 147 Å². The van der Waals surface area contributed by atoms with Crippen molar-refractivity contribution in [2.24, 2.45) is 0 Å². The van der Waals surface area contributed by atoms with E-state index >= 15 is 0 Å². The fourth-order valence-electron chi connectivity index (χ4n) is 8.62. The Labute approximate surface area is 465 Å². The Balaban J connectivity index is 0.000000132. The van der Waals surface area contributed by atoms with E-state index in [1.165, 1.54) is 34.6 Å². The first-order chi connectivity index (χ1) is 38.4. The summed E-state index contributed by atoms with van der Waals surface area (Å²) in [7, 11) is 0. The number of anilines is 6. The van der Waals surface area contributed by atoms with Crippen LogP contribution in [0.4, 0.5) is 46.8 Å². The smallest absolute Gasteiger partial charge is 0.321 e. The number of hydrogen-bond acceptors (Lipinski definition) is 15. The highest BCUT2D eigenvalue weighted by atomic mass is 32.1. The highest BCUT2D eigenvalue weighted by molar-refractivity contribution is 7.10. The van der Waals surface area contributed by atoms with E-state index in [0.29, 0.717) is 39.3 Å². The molecular weight excluding hydrogens is 1040 g/mol. The van der Waals surface area contributed by atoms with E-state index in [2.05, 4.69) is 58.7 Å². The molecule has 3 aliphatic rings. The average Bonchev–Trinajstić information content (AvgIpc) is 4.33. The number of para-hydroxylation sites is 3. The highest BCUT2D eigenvalue weighted by Gasteiger charge is 2.26. The molecule has 6 aromatic carbocycles. The average molecular weight is 1100 g/mol. The van der Waals surface area contributed by atoms with E-state index in [1.807, 2.05) is 197 Å². The molecule has 78 heavy (non-hydrogen) atoms. The van der Waals surface area contributed by atoms with Gasteiger partial charge in [-0.05, 0) is 36.4 Å². The van der Waals surface area contributed by atoms with E-state index in [4.69, 9.17) is 0 Å². The van der Waals surface area contributed by atoms with Gasteiger partial charge in [-0.1, -0.05) is 146 Å². The van der Waals surface area contributed by atoms with Crippen LogP contribution in [0.5, 0.6) is 0 Å². The summed E-state index contributed by atoms with van der Waals surface area (Å²) in [6, 6.07) is 58.4. The van der Waals surface area contributed by atoms with Crippen molar-refractivity contribution >= 4 is 85.1 Å². The lowest BCUT2D eigenvalue weighted by Crippen LogP contribution is -2.50. The molecule has 3 saturated heterocycles. The summed E-state index contributed by atoms with van der Waals surface area (Å²) in [6.45, 7) is 8.53. The largest absolute Gasteiger partial charge is 0.343 e. The molecule has 6 heterocycles. The van der Waals surface area contributed by atoms with E-state index in [-0.39, 0.29) is 18.1 Å². The zero-order valence-corrected chi connectivity index (χ0v) is 45.1. The first-order valence-electron chi connectivity index (χ1n) is 25.6. The monoisotopic (exact) mass is 1100 g/mol. The molecule has 3 aliphatic heterocycles. The molecule has 21 heteroatoms. The Hall–Kier alpha value is -8.79. The van der Waals surface area contributed by atoms with Gasteiger partial charge in [-0.15, -0.1) is 0 Å². The Bertz CT molecular complexity index is 2930. The Kier molecular flexibility index (Phi) is 17.8. The second-order valence-corrected chi connectivity index (χ2v) is 20.3. The van der Waals surface area contributed by atoms with Crippen LogP contribution in [0.3, 0.4) is 0 Å². The van der Waals surface area contributed by atoms with Crippen LogP contribution in [-0.2, 0) is 0 Å². The van der Waals surface area contributed by atoms with Crippen LogP contribution in [0.1, 0.15) is 0 Å². The lowest BCUT2D eigenvalue weighted by atomic mass is 10.2. The third-order valence-corrected chi connectivity index (χ3v) is 15.3. The maximum Gasteiger partial charge on any atom is 0.321 e. The summed E-state index contributed by atoms with van der Waals surface area (Å²) >= 11 is 4.23. The first-order valence-corrected chi connectivity index (χ1v) is 28.0. The van der Waals surface area contributed by atoms with Gasteiger partial charge >= 0.3 is 18.1 Å². The summed E-state index contributed by atoms with van der Waals surface area (Å²) in [5, 5.41) is 11.5. The Morgan fingerprint density at radius 3 is 0.756 bits per heavy atom. The topological polar surface area (TPSA) is 184 Å². The summed E-state index contributed by atoms with van der Waals surface area (Å²) in [4.78, 5) is 63.2. The molecule has 3 N–H and O–H groups in total. The zero-order valence-electron chi connectivity index (χ0n) is 42.6. The second-order valence-electron chi connectivity index (χ2n) is 18.1. The van der Waals surface area contributed by atoms with Crippen molar-refractivity contribution in [3.8, 4) is 34.2 Å². The van der Waals surface area contributed by atoms with Crippen molar-refractivity contribution < 1.29 is 14.4 Å². The van der Waals surface area contributed by atoms with Gasteiger partial charge in [0.25, 0.3) is 0 Å². The Morgan fingerprint density at radius 1 is 0.308 bits per heavy atom. The Morgan fingerprint density at radius 2 is 0.526 bits per heavy atom. The number of urea groups is 3. The molecule has 0 saturated carbocycles. The number of nitrogens with one attached hydrogen (secondary N) is 3. The van der Waals surface area contributed by atoms with Gasteiger partial charge in [-0.3, -0.25) is 0 Å². The third-order valence-electron chi connectivity index (χ3n) is 12.9. The molecule has 0 bridgehead atoms. The highest BCUT2D eigenvalue weighted by Crippen LogP contribution is 2.28. The summed E-state index contributed by atoms with van der Waals surface area (Å²) in [5.41, 5.74) is 5.52. The van der Waals surface area contributed by atoms with Crippen LogP contribution >= 0.6 is 34.6 Å². The van der Waals surface area contributed by atoms with Crippen molar-refractivity contribution in [1.82, 2.24) is 42.8 Å². The van der Waals surface area contributed by atoms with Crippen LogP contribution in [-0.4, -0.2) is 139 Å². The number of nitrogens with zero attached hydrogens (tertiary/aromatic N) is 12. The number of benzene rings is 6. The standard InChI is InChI=1S/3C19H19N5OS/c3*25-18(20-16-9-5-2-6-10-16)23-11-13-24(14-12-23)19-21-17(22-26-19)15-7-3-1-4-8-15/h3*1-10H,11-14H2,(H,20,25). The molecule has 18 nitrogen and oxygen atoms in total. The van der Waals surface area contributed by atoms with Crippen molar-refractivity contribution in [3.05, 3.63) is 182 Å². The van der Waals surface area contributed by atoms with Gasteiger partial charge in [0.1, 0.15) is 0 Å². The number of rotatable bonds is 9. The SMILES string of the molecule is O=C(Nc1ccccc1)N1CCN(c2nc(-c3ccccc3)ns2)CC1.O=C(Nc1ccccc1)N1CCN(c2nc(-c3ccccc3)ns2)CC1.O=C(Nc1ccccc1)N1CCN(c2nc(-c3ccccc3)ns2)CC1. The van der Waals surface area contributed by atoms with Crippen LogP contribution < -0.4 is 30.7 Å². The molecule has 3 aromatic heterocycles. The lowest BCUT2D eigenvalue weighted by Gasteiger charge is -2.34. The van der Waals surface area contributed by atoms with Gasteiger partial charge in [-0.2, -0.15) is 28.1 Å². The quantitative estimate of drug-likeness (QED) is 0.124. The van der Waals surface area contributed by atoms with Gasteiger partial charge in [0.2, 0.25) is 15.4 Å². The number of carbonyl (C=O) groups is 3. The molecule has 6 amide bonds. The number of aromatic nitrogens is 6. The summed E-state index contributed by atoms with van der Waals surface area (Å²) in [5.74, 6) is 2.28. The minimum absolute atomic E-state index is 0.0573. The molecule has 0 unspecified atom stereocenters. The van der Waals surface area contributed by atoms with E-state index in [0.717, 1.165) is 106 Å². The number of piperazine rings is 3. The fraction of sp³-hybridized carbons (Fsp3) is 0.211. The second kappa shape index (κ2) is 26.3. The van der Waals surface area contributed by atoms with Crippen LogP contribution in [0.2, 0.25) is 0 Å². The van der Waals surface area contributed by atoms with Crippen LogP contribution in [0, 0.1) is 0 Å². The molecule has 0 radical (unpaired) electrons. The van der Waals surface area contributed by atoms with Gasteiger partial charge in [0.15, 0.2) is 17.5 Å². The lowest BCUT2D eigenvalue weighted by molar-refractivity contribution is 0.207. The third kappa shape index (κ3) is 14.2. The number of hydrogen-bond donors (Lipinski definition) is 3. The van der Waals surface area contributed by atoms with Gasteiger partial charge in [0.05, 0.1) is 0 Å². The van der Waals surface area contributed by atoms with E-state index in [9.17, 15) is 14.4 Å². The minimum atomic E-state index is -0.0573. The predicted molar refractivity (Wildman–Crippen MR) is 314 cm³/mol.